The van der Waals surface area contributed by atoms with Gasteiger partial charge in [-0.05, 0) is 38.8 Å². The minimum Gasteiger partial charge on any atom is -0.469 e. The molecule has 108 valence electrons. The number of carbonyl (C=O) groups excluding carboxylic acids is 1. The van der Waals surface area contributed by atoms with Crippen molar-refractivity contribution in [1.29, 1.82) is 0 Å². The molecule has 0 radical (unpaired) electrons. The van der Waals surface area contributed by atoms with E-state index >= 15 is 0 Å². The molecule has 0 saturated carbocycles. The Hall–Kier alpha value is -1.35. The van der Waals surface area contributed by atoms with Crippen LogP contribution in [0.4, 0.5) is 0 Å². The van der Waals surface area contributed by atoms with E-state index in [0.717, 1.165) is 12.8 Å². The SMILES string of the molecule is COC(=O)C1C(c2cccc(C)c2)CC2CCC1N2C. The second-order valence-corrected chi connectivity index (χ2v) is 6.27. The summed E-state index contributed by atoms with van der Waals surface area (Å²) >= 11 is 0. The summed E-state index contributed by atoms with van der Waals surface area (Å²) in [5.74, 6) is 0.232. The summed E-state index contributed by atoms with van der Waals surface area (Å²) in [7, 11) is 3.67. The van der Waals surface area contributed by atoms with E-state index in [4.69, 9.17) is 4.74 Å². The standard InChI is InChI=1S/C17H23NO2/c1-11-5-4-6-12(9-11)14-10-13-7-8-15(18(13)2)16(14)17(19)20-3/h4-6,9,13-16H,7-8,10H2,1-3H3. The van der Waals surface area contributed by atoms with Crippen molar-refractivity contribution in [1.82, 2.24) is 4.90 Å². The van der Waals surface area contributed by atoms with E-state index in [1.807, 2.05) is 0 Å². The number of fused-ring (bicyclic) bond motifs is 2. The van der Waals surface area contributed by atoms with E-state index in [1.165, 1.54) is 24.7 Å². The topological polar surface area (TPSA) is 29.5 Å². The molecule has 4 atom stereocenters. The van der Waals surface area contributed by atoms with Gasteiger partial charge in [-0.1, -0.05) is 29.8 Å². The third-order valence-corrected chi connectivity index (χ3v) is 5.21. The van der Waals surface area contributed by atoms with Crippen LogP contribution in [0.3, 0.4) is 0 Å². The third-order valence-electron chi connectivity index (χ3n) is 5.21. The number of nitrogens with zero attached hydrogens (tertiary/aromatic N) is 1. The number of rotatable bonds is 2. The predicted octanol–water partition coefficient (Wildman–Crippen LogP) is 2.73. The van der Waals surface area contributed by atoms with E-state index in [9.17, 15) is 4.79 Å². The molecule has 2 bridgehead atoms. The molecule has 4 unspecified atom stereocenters. The molecule has 2 fully saturated rings. The first-order chi connectivity index (χ1) is 9.61. The number of ether oxygens (including phenoxy) is 1. The number of methoxy groups -OCH3 is 1. The summed E-state index contributed by atoms with van der Waals surface area (Å²) in [6, 6.07) is 9.56. The molecule has 0 amide bonds. The summed E-state index contributed by atoms with van der Waals surface area (Å²) in [5.41, 5.74) is 2.56. The summed E-state index contributed by atoms with van der Waals surface area (Å²) in [6.07, 6.45) is 3.39. The van der Waals surface area contributed by atoms with Gasteiger partial charge in [0.05, 0.1) is 13.0 Å². The average Bonchev–Trinajstić information content (AvgIpc) is 2.69. The summed E-state index contributed by atoms with van der Waals surface area (Å²) in [6.45, 7) is 2.11. The van der Waals surface area contributed by atoms with Crippen molar-refractivity contribution in [2.24, 2.45) is 5.92 Å². The number of carbonyl (C=O) groups is 1. The molecule has 0 aromatic heterocycles. The van der Waals surface area contributed by atoms with Gasteiger partial charge >= 0.3 is 5.97 Å². The molecular formula is C17H23NO2. The highest BCUT2D eigenvalue weighted by molar-refractivity contribution is 5.75. The zero-order chi connectivity index (χ0) is 14.3. The third kappa shape index (κ3) is 2.14. The second kappa shape index (κ2) is 5.21. The fourth-order valence-corrected chi connectivity index (χ4v) is 4.17. The molecule has 0 N–H and O–H groups in total. The minimum absolute atomic E-state index is 0.0226. The van der Waals surface area contributed by atoms with Crippen LogP contribution in [0.15, 0.2) is 24.3 Å². The molecule has 20 heavy (non-hydrogen) atoms. The summed E-state index contributed by atoms with van der Waals surface area (Å²) in [4.78, 5) is 14.7. The molecule has 2 saturated heterocycles. The van der Waals surface area contributed by atoms with Crippen LogP contribution >= 0.6 is 0 Å². The Bertz CT molecular complexity index is 513. The molecular weight excluding hydrogens is 250 g/mol. The van der Waals surface area contributed by atoms with Crippen molar-refractivity contribution in [3.8, 4) is 0 Å². The summed E-state index contributed by atoms with van der Waals surface area (Å²) in [5, 5.41) is 0. The number of hydrogen-bond acceptors (Lipinski definition) is 3. The number of aryl methyl sites for hydroxylation is 1. The zero-order valence-corrected chi connectivity index (χ0v) is 12.5. The monoisotopic (exact) mass is 273 g/mol. The molecule has 2 aliphatic heterocycles. The van der Waals surface area contributed by atoms with Gasteiger partial charge in [-0.2, -0.15) is 0 Å². The summed E-state index contributed by atoms with van der Waals surface area (Å²) < 4.78 is 5.10. The lowest BCUT2D eigenvalue weighted by atomic mass is 9.76. The lowest BCUT2D eigenvalue weighted by Gasteiger charge is -2.41. The Morgan fingerprint density at radius 3 is 2.85 bits per heavy atom. The van der Waals surface area contributed by atoms with Crippen LogP contribution < -0.4 is 0 Å². The second-order valence-electron chi connectivity index (χ2n) is 6.27. The van der Waals surface area contributed by atoms with Crippen molar-refractivity contribution < 1.29 is 9.53 Å². The Balaban J connectivity index is 1.97. The maximum Gasteiger partial charge on any atom is 0.310 e. The first-order valence-electron chi connectivity index (χ1n) is 7.48. The predicted molar refractivity (Wildman–Crippen MR) is 78.6 cm³/mol. The average molecular weight is 273 g/mol. The molecule has 0 aliphatic carbocycles. The number of piperidine rings is 1. The lowest BCUT2D eigenvalue weighted by Crippen LogP contribution is -2.49. The van der Waals surface area contributed by atoms with Crippen LogP contribution in [0.5, 0.6) is 0 Å². The van der Waals surface area contributed by atoms with Gasteiger partial charge in [0.2, 0.25) is 0 Å². The smallest absolute Gasteiger partial charge is 0.310 e. The molecule has 2 heterocycles. The van der Waals surface area contributed by atoms with E-state index in [1.54, 1.807) is 0 Å². The van der Waals surface area contributed by atoms with Crippen molar-refractivity contribution >= 4 is 5.97 Å². The van der Waals surface area contributed by atoms with Crippen LogP contribution in [0.25, 0.3) is 0 Å². The molecule has 3 heteroatoms. The lowest BCUT2D eigenvalue weighted by molar-refractivity contribution is -0.150. The highest BCUT2D eigenvalue weighted by Crippen LogP contribution is 2.46. The van der Waals surface area contributed by atoms with Crippen molar-refractivity contribution in [3.05, 3.63) is 35.4 Å². The van der Waals surface area contributed by atoms with Gasteiger partial charge in [0.15, 0.2) is 0 Å². The van der Waals surface area contributed by atoms with Crippen LogP contribution in [0.1, 0.15) is 36.3 Å². The van der Waals surface area contributed by atoms with Crippen LogP contribution in [0, 0.1) is 12.8 Å². The van der Waals surface area contributed by atoms with E-state index < -0.39 is 0 Å². The molecule has 3 rings (SSSR count). The Labute approximate surface area is 120 Å². The van der Waals surface area contributed by atoms with Gasteiger partial charge in [-0.15, -0.1) is 0 Å². The minimum atomic E-state index is -0.0475. The van der Waals surface area contributed by atoms with Gasteiger partial charge in [-0.25, -0.2) is 0 Å². The largest absolute Gasteiger partial charge is 0.469 e. The van der Waals surface area contributed by atoms with Gasteiger partial charge in [0.1, 0.15) is 0 Å². The van der Waals surface area contributed by atoms with Crippen molar-refractivity contribution in [3.63, 3.8) is 0 Å². The highest BCUT2D eigenvalue weighted by Gasteiger charge is 2.49. The highest BCUT2D eigenvalue weighted by atomic mass is 16.5. The number of benzene rings is 1. The van der Waals surface area contributed by atoms with Crippen molar-refractivity contribution in [2.45, 2.75) is 44.2 Å². The van der Waals surface area contributed by atoms with Gasteiger partial charge in [0, 0.05) is 18.0 Å². The fraction of sp³-hybridized carbons (Fsp3) is 0.588. The maximum absolute atomic E-state index is 12.3. The fourth-order valence-electron chi connectivity index (χ4n) is 4.17. The quantitative estimate of drug-likeness (QED) is 0.776. The number of esters is 1. The zero-order valence-electron chi connectivity index (χ0n) is 12.5. The molecule has 1 aromatic carbocycles. The molecule has 0 spiro atoms. The first kappa shape index (κ1) is 13.6. The molecule has 2 aliphatic rings. The van der Waals surface area contributed by atoms with E-state index in [0.29, 0.717) is 18.0 Å². The number of hydrogen-bond donors (Lipinski definition) is 0. The maximum atomic E-state index is 12.3. The van der Waals surface area contributed by atoms with Gasteiger partial charge in [-0.3, -0.25) is 9.69 Å². The molecule has 1 aromatic rings. The molecule has 3 nitrogen and oxygen atoms in total. The Kier molecular flexibility index (Phi) is 3.55. The van der Waals surface area contributed by atoms with Crippen LogP contribution in [-0.4, -0.2) is 37.1 Å². The van der Waals surface area contributed by atoms with Gasteiger partial charge in [0.25, 0.3) is 0 Å². The van der Waals surface area contributed by atoms with Crippen molar-refractivity contribution in [2.75, 3.05) is 14.2 Å². The normalized spacial score (nSPS) is 33.1. The van der Waals surface area contributed by atoms with E-state index in [2.05, 4.69) is 43.1 Å². The Morgan fingerprint density at radius 2 is 2.15 bits per heavy atom. The van der Waals surface area contributed by atoms with Crippen LogP contribution in [0.2, 0.25) is 0 Å². The van der Waals surface area contributed by atoms with E-state index in [-0.39, 0.29) is 11.9 Å². The van der Waals surface area contributed by atoms with Gasteiger partial charge < -0.3 is 4.74 Å². The Morgan fingerprint density at radius 1 is 1.35 bits per heavy atom. The first-order valence-corrected chi connectivity index (χ1v) is 7.48. The van der Waals surface area contributed by atoms with Crippen LogP contribution in [-0.2, 0) is 9.53 Å².